The molecule has 3 aromatic rings. The van der Waals surface area contributed by atoms with Gasteiger partial charge in [-0.1, -0.05) is 42.5 Å². The van der Waals surface area contributed by atoms with E-state index in [4.69, 9.17) is 17.7 Å². The van der Waals surface area contributed by atoms with E-state index in [1.165, 1.54) is 31.3 Å². The fourth-order valence-electron chi connectivity index (χ4n) is 4.95. The Bertz CT molecular complexity index is 1410. The van der Waals surface area contributed by atoms with Crippen LogP contribution >= 0.6 is 0 Å². The van der Waals surface area contributed by atoms with Crippen molar-refractivity contribution in [3.8, 4) is 11.5 Å². The molecule has 0 unspecified atom stereocenters. The van der Waals surface area contributed by atoms with Crippen molar-refractivity contribution in [3.05, 3.63) is 94.5 Å². The average molecular weight is 519 g/mol. The van der Waals surface area contributed by atoms with E-state index in [9.17, 15) is 18.0 Å². The van der Waals surface area contributed by atoms with Gasteiger partial charge in [-0.3, -0.25) is 9.69 Å². The van der Waals surface area contributed by atoms with Crippen LogP contribution in [0.3, 0.4) is 0 Å². The molecule has 5 nitrogen and oxygen atoms in total. The minimum absolute atomic E-state index is 0.254. The lowest BCUT2D eigenvalue weighted by atomic mass is 9.86. The van der Waals surface area contributed by atoms with Crippen LogP contribution in [-0.2, 0) is 23.8 Å². The van der Waals surface area contributed by atoms with Crippen molar-refractivity contribution in [2.75, 3.05) is 27.7 Å². The number of rotatable bonds is 8. The van der Waals surface area contributed by atoms with Crippen molar-refractivity contribution in [1.29, 1.82) is 0 Å². The third-order valence-corrected chi connectivity index (χ3v) is 6.75. The Balaban J connectivity index is 1.80. The Morgan fingerprint density at radius 2 is 1.76 bits per heavy atom. The van der Waals surface area contributed by atoms with Crippen LogP contribution in [0.15, 0.2) is 66.7 Å². The molecule has 1 N–H and O–H groups in total. The molecule has 37 heavy (non-hydrogen) atoms. The fourth-order valence-corrected chi connectivity index (χ4v) is 4.95. The van der Waals surface area contributed by atoms with E-state index in [1.54, 1.807) is 12.1 Å². The van der Waals surface area contributed by atoms with Gasteiger partial charge in [0.25, 0.3) is 0 Å². The molecule has 0 aliphatic carbocycles. The summed E-state index contributed by atoms with van der Waals surface area (Å²) < 4.78 is 95.1. The number of carbonyl (C=O) groups excluding carboxylic acids is 1. The van der Waals surface area contributed by atoms with Crippen LogP contribution in [-0.4, -0.2) is 38.5 Å². The van der Waals surface area contributed by atoms with Gasteiger partial charge < -0.3 is 14.8 Å². The molecule has 1 amide bonds. The Kier molecular flexibility index (Phi) is 5.95. The number of likely N-dealkylation sites (N-methyl/N-ethyl adjacent to an activating group) is 1. The second-order valence-electron chi connectivity index (χ2n) is 8.87. The molecule has 1 aliphatic rings. The molecule has 196 valence electrons. The molecule has 0 bridgehead atoms. The minimum atomic E-state index is -4.47. The van der Waals surface area contributed by atoms with Crippen LogP contribution in [0.25, 0.3) is 0 Å². The van der Waals surface area contributed by atoms with E-state index in [0.717, 1.165) is 12.1 Å². The smallest absolute Gasteiger partial charge is 0.416 e. The molecule has 8 heteroatoms. The monoisotopic (exact) mass is 518 g/mol. The lowest BCUT2D eigenvalue weighted by Crippen LogP contribution is -2.44. The number of hydrogen-bond acceptors (Lipinski definition) is 4. The number of alkyl halides is 3. The van der Waals surface area contributed by atoms with E-state index >= 15 is 0 Å². The topological polar surface area (TPSA) is 50.8 Å². The van der Waals surface area contributed by atoms with Gasteiger partial charge in [0.05, 0.1) is 27.9 Å². The van der Waals surface area contributed by atoms with Gasteiger partial charge in [-0.05, 0) is 65.8 Å². The molecule has 0 saturated carbocycles. The first-order valence-electron chi connectivity index (χ1n) is 14.8. The fraction of sp³-hybridized carbons (Fsp3) is 0.345. The second kappa shape index (κ2) is 11.3. The number of fused-ring (bicyclic) bond motifs is 1. The highest BCUT2D eigenvalue weighted by molar-refractivity contribution is 5.83. The van der Waals surface area contributed by atoms with Crippen molar-refractivity contribution in [2.45, 2.75) is 37.5 Å². The zero-order valence-corrected chi connectivity index (χ0v) is 20.1. The highest BCUT2D eigenvalue weighted by Gasteiger charge is 2.37. The summed E-state index contributed by atoms with van der Waals surface area (Å²) in [6.45, 7) is 0.365. The lowest BCUT2D eigenvalue weighted by molar-refractivity contribution is -0.137. The van der Waals surface area contributed by atoms with Crippen molar-refractivity contribution in [1.82, 2.24) is 10.2 Å². The predicted octanol–water partition coefficient (Wildman–Crippen LogP) is 5.74. The number of aryl methyl sites for hydroxylation is 1. The van der Waals surface area contributed by atoms with Gasteiger partial charge in [-0.25, -0.2) is 0 Å². The molecular formula is C29H31F3N2O3. The number of methoxy groups -OCH3 is 2. The number of halogens is 3. The molecule has 0 saturated heterocycles. The van der Waals surface area contributed by atoms with Crippen LogP contribution < -0.4 is 14.8 Å². The van der Waals surface area contributed by atoms with Gasteiger partial charge in [0.15, 0.2) is 11.5 Å². The van der Waals surface area contributed by atoms with Gasteiger partial charge in [-0.15, -0.1) is 0 Å². The summed E-state index contributed by atoms with van der Waals surface area (Å²) in [6, 6.07) is 15.5. The second-order valence-corrected chi connectivity index (χ2v) is 8.87. The summed E-state index contributed by atoms with van der Waals surface area (Å²) in [4.78, 5) is 15.3. The van der Waals surface area contributed by atoms with Gasteiger partial charge in [0.2, 0.25) is 5.91 Å². The lowest BCUT2D eigenvalue weighted by Gasteiger charge is -2.42. The van der Waals surface area contributed by atoms with Crippen LogP contribution in [0, 0.1) is 0 Å². The van der Waals surface area contributed by atoms with Gasteiger partial charge in [-0.2, -0.15) is 13.2 Å². The molecule has 3 aromatic carbocycles. The SMILES string of the molecule is [2H]C([2H])([2H])Oc1cc2c(cc1OC([2H])([2H])[2H])[C@H](CCc1ccc(C(F)(F)F)cc1)N([C@@H](C(=O)NC)c1ccccc1)CC2. The number of hydrogen-bond donors (Lipinski definition) is 1. The predicted molar refractivity (Wildman–Crippen MR) is 136 cm³/mol. The normalized spacial score (nSPS) is 19.6. The summed E-state index contributed by atoms with van der Waals surface area (Å²) in [6.07, 6.45) is -3.43. The number of amides is 1. The maximum absolute atomic E-state index is 13.3. The maximum atomic E-state index is 13.3. The largest absolute Gasteiger partial charge is 0.493 e. The Hall–Kier alpha value is -3.52. The number of nitrogens with zero attached hydrogens (tertiary/aromatic N) is 1. The minimum Gasteiger partial charge on any atom is -0.493 e. The van der Waals surface area contributed by atoms with E-state index < -0.39 is 37.9 Å². The van der Waals surface area contributed by atoms with E-state index in [2.05, 4.69) is 5.32 Å². The standard InChI is InChI=1S/C29H31F3N2O3/c1-33-28(35)27(20-7-5-4-6-8-20)34-16-15-21-17-25(36-2)26(37-3)18-23(21)24(34)14-11-19-9-12-22(13-10-19)29(30,31)32/h4-10,12-13,17-18,24,27H,11,14-16H2,1-3H3,(H,33,35)/t24-,27+/m0/s1/i2D3,3D3. The summed E-state index contributed by atoms with van der Waals surface area (Å²) >= 11 is 0. The van der Waals surface area contributed by atoms with Crippen molar-refractivity contribution < 1.29 is 35.7 Å². The van der Waals surface area contributed by atoms with Crippen LogP contribution in [0.5, 0.6) is 11.5 Å². The molecule has 0 fully saturated rings. The number of carbonyl (C=O) groups is 1. The molecule has 4 rings (SSSR count). The Morgan fingerprint density at radius 1 is 1.08 bits per heavy atom. The van der Waals surface area contributed by atoms with Crippen molar-refractivity contribution >= 4 is 5.91 Å². The summed E-state index contributed by atoms with van der Waals surface area (Å²) in [5.74, 6) is -0.835. The van der Waals surface area contributed by atoms with E-state index in [1.807, 2.05) is 23.1 Å². The average Bonchev–Trinajstić information content (AvgIpc) is 2.91. The van der Waals surface area contributed by atoms with Crippen LogP contribution in [0.4, 0.5) is 13.2 Å². The highest BCUT2D eigenvalue weighted by atomic mass is 19.4. The van der Waals surface area contributed by atoms with E-state index in [-0.39, 0.29) is 17.4 Å². The first-order valence-corrected chi connectivity index (χ1v) is 11.8. The van der Waals surface area contributed by atoms with Crippen LogP contribution in [0.2, 0.25) is 0 Å². The quantitative estimate of drug-likeness (QED) is 0.413. The third-order valence-electron chi connectivity index (χ3n) is 6.75. The van der Waals surface area contributed by atoms with E-state index in [0.29, 0.717) is 48.1 Å². The summed E-state index contributed by atoms with van der Waals surface area (Å²) in [7, 11) is -4.27. The first kappa shape index (κ1) is 19.6. The third kappa shape index (κ3) is 5.74. The zero-order chi connectivity index (χ0) is 31.6. The Labute approximate surface area is 223 Å². The zero-order valence-electron chi connectivity index (χ0n) is 26.1. The Morgan fingerprint density at radius 3 is 2.38 bits per heavy atom. The molecular weight excluding hydrogens is 481 g/mol. The number of nitrogens with one attached hydrogen (secondary N) is 1. The summed E-state index contributed by atoms with van der Waals surface area (Å²) in [5, 5.41) is 2.71. The maximum Gasteiger partial charge on any atom is 0.416 e. The number of benzene rings is 3. The van der Waals surface area contributed by atoms with Gasteiger partial charge >= 0.3 is 6.18 Å². The van der Waals surface area contributed by atoms with Crippen molar-refractivity contribution in [2.24, 2.45) is 0 Å². The molecule has 0 spiro atoms. The van der Waals surface area contributed by atoms with Crippen LogP contribution in [0.1, 0.15) is 54.5 Å². The molecule has 2 atom stereocenters. The molecule has 1 heterocycles. The van der Waals surface area contributed by atoms with Gasteiger partial charge in [0, 0.05) is 19.6 Å². The number of ether oxygens (including phenoxy) is 2. The first-order chi connectivity index (χ1) is 20.1. The molecule has 0 aromatic heterocycles. The highest BCUT2D eigenvalue weighted by Crippen LogP contribution is 2.43. The molecule has 0 radical (unpaired) electrons. The van der Waals surface area contributed by atoms with Gasteiger partial charge in [0.1, 0.15) is 6.04 Å². The summed E-state index contributed by atoms with van der Waals surface area (Å²) in [5.41, 5.74) is 1.86. The molecule has 1 aliphatic heterocycles. The van der Waals surface area contributed by atoms with Crippen molar-refractivity contribution in [3.63, 3.8) is 0 Å².